The van der Waals surface area contributed by atoms with Crippen LogP contribution in [0.2, 0.25) is 5.02 Å². The van der Waals surface area contributed by atoms with E-state index in [0.717, 1.165) is 6.07 Å². The molecule has 19 heavy (non-hydrogen) atoms. The van der Waals surface area contributed by atoms with Gasteiger partial charge < -0.3 is 0 Å². The first kappa shape index (κ1) is 14.3. The lowest BCUT2D eigenvalue weighted by atomic mass is 10.3. The number of benzene rings is 2. The summed E-state index contributed by atoms with van der Waals surface area (Å²) in [5.41, 5.74) is 0.125. The van der Waals surface area contributed by atoms with Crippen molar-refractivity contribution in [2.75, 3.05) is 4.72 Å². The molecule has 0 spiro atoms. The van der Waals surface area contributed by atoms with E-state index in [-0.39, 0.29) is 10.6 Å². The Hall–Kier alpha value is -1.11. The molecule has 0 aliphatic heterocycles. The minimum Gasteiger partial charge on any atom is -0.278 e. The first-order valence-electron chi connectivity index (χ1n) is 5.12. The highest BCUT2D eigenvalue weighted by molar-refractivity contribution is 9.10. The third-order valence-corrected chi connectivity index (χ3v) is 4.57. The number of anilines is 1. The van der Waals surface area contributed by atoms with Crippen LogP contribution in [0.5, 0.6) is 0 Å². The van der Waals surface area contributed by atoms with Crippen LogP contribution in [0.3, 0.4) is 0 Å². The van der Waals surface area contributed by atoms with Gasteiger partial charge in [0.1, 0.15) is 5.82 Å². The normalized spacial score (nSPS) is 11.3. The van der Waals surface area contributed by atoms with E-state index >= 15 is 0 Å². The zero-order valence-electron chi connectivity index (χ0n) is 9.40. The number of halogens is 3. The Labute approximate surface area is 123 Å². The van der Waals surface area contributed by atoms with Crippen LogP contribution in [0.1, 0.15) is 0 Å². The van der Waals surface area contributed by atoms with Gasteiger partial charge in [0, 0.05) is 9.50 Å². The average molecular weight is 365 g/mol. The zero-order valence-corrected chi connectivity index (χ0v) is 12.6. The highest BCUT2D eigenvalue weighted by Crippen LogP contribution is 2.26. The Bertz CT molecular complexity index is 721. The Kier molecular flexibility index (Phi) is 4.13. The van der Waals surface area contributed by atoms with Crippen molar-refractivity contribution in [3.05, 3.63) is 57.8 Å². The van der Waals surface area contributed by atoms with Gasteiger partial charge in [0.25, 0.3) is 10.0 Å². The number of sulfonamides is 1. The van der Waals surface area contributed by atoms with Crippen molar-refractivity contribution in [3.8, 4) is 0 Å². The summed E-state index contributed by atoms with van der Waals surface area (Å²) in [5.74, 6) is -0.535. The molecule has 2 rings (SSSR count). The highest BCUT2D eigenvalue weighted by atomic mass is 79.9. The maximum atomic E-state index is 13.1. The Morgan fingerprint density at radius 1 is 1.16 bits per heavy atom. The van der Waals surface area contributed by atoms with E-state index in [1.807, 2.05) is 0 Å². The number of hydrogen-bond donors (Lipinski definition) is 1. The first-order valence-corrected chi connectivity index (χ1v) is 7.77. The summed E-state index contributed by atoms with van der Waals surface area (Å²) in [6, 6.07) is 9.55. The van der Waals surface area contributed by atoms with E-state index in [0.29, 0.717) is 9.50 Å². The molecule has 0 fully saturated rings. The van der Waals surface area contributed by atoms with Crippen LogP contribution in [0, 0.1) is 5.82 Å². The molecule has 0 aliphatic rings. The topological polar surface area (TPSA) is 46.2 Å². The minimum absolute atomic E-state index is 0.0103. The van der Waals surface area contributed by atoms with Gasteiger partial charge in [-0.1, -0.05) is 17.7 Å². The summed E-state index contributed by atoms with van der Waals surface area (Å²) in [5, 5.41) is 0.307. The second-order valence-corrected chi connectivity index (χ2v) is 6.66. The highest BCUT2D eigenvalue weighted by Gasteiger charge is 2.16. The molecule has 0 heterocycles. The molecule has 0 saturated heterocycles. The Morgan fingerprint density at radius 3 is 2.58 bits per heavy atom. The summed E-state index contributed by atoms with van der Waals surface area (Å²) < 4.78 is 40.1. The van der Waals surface area contributed by atoms with Gasteiger partial charge in [-0.3, -0.25) is 4.72 Å². The predicted molar refractivity (Wildman–Crippen MR) is 76.4 cm³/mol. The molecule has 0 atom stereocenters. The van der Waals surface area contributed by atoms with Crippen molar-refractivity contribution in [2.45, 2.75) is 4.90 Å². The smallest absolute Gasteiger partial charge is 0.261 e. The van der Waals surface area contributed by atoms with E-state index in [1.165, 1.54) is 30.3 Å². The van der Waals surface area contributed by atoms with Crippen molar-refractivity contribution in [2.24, 2.45) is 0 Å². The predicted octanol–water partition coefficient (Wildman–Crippen LogP) is 4.04. The minimum atomic E-state index is -3.81. The molecule has 2 aromatic carbocycles. The van der Waals surface area contributed by atoms with Gasteiger partial charge in [-0.15, -0.1) is 0 Å². The van der Waals surface area contributed by atoms with Crippen molar-refractivity contribution in [3.63, 3.8) is 0 Å². The number of rotatable bonds is 3. The second kappa shape index (κ2) is 5.48. The first-order chi connectivity index (χ1) is 8.88. The number of hydrogen-bond acceptors (Lipinski definition) is 2. The summed E-state index contributed by atoms with van der Waals surface area (Å²) in [4.78, 5) is 0.0103. The summed E-state index contributed by atoms with van der Waals surface area (Å²) >= 11 is 8.90. The molecule has 0 amide bonds. The molecule has 100 valence electrons. The summed E-state index contributed by atoms with van der Waals surface area (Å²) in [6.45, 7) is 0. The third kappa shape index (κ3) is 3.46. The van der Waals surface area contributed by atoms with Crippen molar-refractivity contribution in [1.82, 2.24) is 0 Å². The Morgan fingerprint density at radius 2 is 1.89 bits per heavy atom. The van der Waals surface area contributed by atoms with Crippen LogP contribution in [0.25, 0.3) is 0 Å². The van der Waals surface area contributed by atoms with E-state index in [4.69, 9.17) is 11.6 Å². The van der Waals surface area contributed by atoms with Crippen molar-refractivity contribution in [1.29, 1.82) is 0 Å². The average Bonchev–Trinajstić information content (AvgIpc) is 2.33. The monoisotopic (exact) mass is 363 g/mol. The maximum Gasteiger partial charge on any atom is 0.261 e. The van der Waals surface area contributed by atoms with Gasteiger partial charge in [-0.2, -0.15) is 0 Å². The lowest BCUT2D eigenvalue weighted by Crippen LogP contribution is -2.13. The van der Waals surface area contributed by atoms with Gasteiger partial charge >= 0.3 is 0 Å². The van der Waals surface area contributed by atoms with Gasteiger partial charge in [-0.05, 0) is 52.3 Å². The quantitative estimate of drug-likeness (QED) is 0.893. The molecular weight excluding hydrogens is 357 g/mol. The molecule has 0 aromatic heterocycles. The molecular formula is C12H8BrClFNO2S. The van der Waals surface area contributed by atoms with Crippen molar-refractivity contribution < 1.29 is 12.8 Å². The lowest BCUT2D eigenvalue weighted by molar-refractivity contribution is 0.601. The molecule has 0 radical (unpaired) electrons. The fraction of sp³-hybridized carbons (Fsp3) is 0. The van der Waals surface area contributed by atoms with Crippen LogP contribution in [0.4, 0.5) is 10.1 Å². The standard InChI is InChI=1S/C12H8BrClFNO2S/c13-11-5-4-9(15)7-12(11)16-19(17,18)10-3-1-2-8(14)6-10/h1-7,16H. The van der Waals surface area contributed by atoms with Crippen LogP contribution in [-0.4, -0.2) is 8.42 Å². The van der Waals surface area contributed by atoms with Crippen LogP contribution in [-0.2, 0) is 10.0 Å². The largest absolute Gasteiger partial charge is 0.278 e. The second-order valence-electron chi connectivity index (χ2n) is 3.69. The zero-order chi connectivity index (χ0) is 14.0. The van der Waals surface area contributed by atoms with Gasteiger partial charge in [0.2, 0.25) is 0 Å². The van der Waals surface area contributed by atoms with Crippen molar-refractivity contribution >= 4 is 43.2 Å². The summed E-state index contributed by atoms with van der Waals surface area (Å²) in [7, 11) is -3.81. The molecule has 0 bridgehead atoms. The summed E-state index contributed by atoms with van der Waals surface area (Å²) in [6.07, 6.45) is 0. The van der Waals surface area contributed by atoms with Gasteiger partial charge in [0.15, 0.2) is 0 Å². The molecule has 0 saturated carbocycles. The fourth-order valence-corrected chi connectivity index (χ4v) is 3.26. The number of nitrogens with one attached hydrogen (secondary N) is 1. The fourth-order valence-electron chi connectivity index (χ4n) is 1.41. The van der Waals surface area contributed by atoms with Gasteiger partial charge in [-0.25, -0.2) is 12.8 Å². The molecule has 7 heteroatoms. The van der Waals surface area contributed by atoms with Crippen LogP contribution < -0.4 is 4.72 Å². The van der Waals surface area contributed by atoms with Gasteiger partial charge in [0.05, 0.1) is 10.6 Å². The molecule has 0 unspecified atom stereocenters. The maximum absolute atomic E-state index is 13.1. The van der Waals surface area contributed by atoms with Crippen LogP contribution >= 0.6 is 27.5 Å². The lowest BCUT2D eigenvalue weighted by Gasteiger charge is -2.10. The van der Waals surface area contributed by atoms with E-state index < -0.39 is 15.8 Å². The van der Waals surface area contributed by atoms with Crippen LogP contribution in [0.15, 0.2) is 51.8 Å². The SMILES string of the molecule is O=S(=O)(Nc1cc(F)ccc1Br)c1cccc(Cl)c1. The molecule has 0 aliphatic carbocycles. The van der Waals surface area contributed by atoms with E-state index in [1.54, 1.807) is 6.07 Å². The molecule has 2 aromatic rings. The molecule has 1 N–H and O–H groups in total. The van der Waals surface area contributed by atoms with E-state index in [2.05, 4.69) is 20.7 Å². The third-order valence-electron chi connectivity index (χ3n) is 2.28. The van der Waals surface area contributed by atoms with E-state index in [9.17, 15) is 12.8 Å². The molecule has 3 nitrogen and oxygen atoms in total. The Balaban J connectivity index is 2.39.